The third-order valence-electron chi connectivity index (χ3n) is 6.88. The van der Waals surface area contributed by atoms with E-state index >= 15 is 0 Å². The van der Waals surface area contributed by atoms with E-state index in [-0.39, 0.29) is 23.4 Å². The lowest BCUT2D eigenvalue weighted by molar-refractivity contribution is -0.387. The molecule has 4 aromatic rings. The van der Waals surface area contributed by atoms with E-state index in [0.29, 0.717) is 30.6 Å². The second-order valence-electron chi connectivity index (χ2n) is 10.3. The molecule has 2 aromatic carbocycles. The second-order valence-corrected chi connectivity index (χ2v) is 12.3. The summed E-state index contributed by atoms with van der Waals surface area (Å²) in [5.41, 5.74) is 3.95. The normalized spacial score (nSPS) is 14.7. The Morgan fingerprint density at radius 3 is 2.41 bits per heavy atom. The fourth-order valence-corrected chi connectivity index (χ4v) is 6.90. The predicted octanol–water partition coefficient (Wildman–Crippen LogP) is 4.33. The highest BCUT2D eigenvalue weighted by Gasteiger charge is 2.33. The van der Waals surface area contributed by atoms with Crippen molar-refractivity contribution in [1.82, 2.24) is 14.5 Å². The molecular formula is C31H30N6O5S2. The van der Waals surface area contributed by atoms with Crippen molar-refractivity contribution >= 4 is 46.5 Å². The molecule has 0 aliphatic carbocycles. The van der Waals surface area contributed by atoms with Crippen LogP contribution in [0.3, 0.4) is 0 Å². The van der Waals surface area contributed by atoms with Gasteiger partial charge in [0.2, 0.25) is 0 Å². The molecule has 0 bridgehead atoms. The number of anilines is 1. The van der Waals surface area contributed by atoms with Crippen LogP contribution in [0.5, 0.6) is 0 Å². The zero-order valence-corrected chi connectivity index (χ0v) is 26.7. The van der Waals surface area contributed by atoms with Crippen LogP contribution in [-0.2, 0) is 9.53 Å². The van der Waals surface area contributed by atoms with E-state index in [4.69, 9.17) is 4.74 Å². The molecule has 2 aromatic heterocycles. The Kier molecular flexibility index (Phi) is 8.79. The number of carbonyl (C=O) groups excluding carboxylic acids is 1. The summed E-state index contributed by atoms with van der Waals surface area (Å²) in [5, 5.41) is 12.5. The number of esters is 1. The number of rotatable bonds is 8. The van der Waals surface area contributed by atoms with E-state index in [9.17, 15) is 19.7 Å². The summed E-state index contributed by atoms with van der Waals surface area (Å²) in [6, 6.07) is 13.5. The summed E-state index contributed by atoms with van der Waals surface area (Å²) in [7, 11) is 3.86. The highest BCUT2D eigenvalue weighted by atomic mass is 32.2. The molecule has 0 unspecified atom stereocenters. The molecule has 44 heavy (non-hydrogen) atoms. The van der Waals surface area contributed by atoms with Crippen LogP contribution in [0.4, 0.5) is 11.4 Å². The Morgan fingerprint density at radius 1 is 1.11 bits per heavy atom. The third-order valence-corrected chi connectivity index (χ3v) is 8.80. The van der Waals surface area contributed by atoms with E-state index < -0.39 is 16.9 Å². The molecule has 0 amide bonds. The molecule has 0 radical (unpaired) electrons. The number of nitro benzene ring substituents is 1. The molecule has 5 rings (SSSR count). The van der Waals surface area contributed by atoms with E-state index in [1.54, 1.807) is 32.1 Å². The van der Waals surface area contributed by atoms with Crippen molar-refractivity contribution in [1.29, 1.82) is 0 Å². The van der Waals surface area contributed by atoms with Gasteiger partial charge in [-0.2, -0.15) is 0 Å². The van der Waals surface area contributed by atoms with Crippen molar-refractivity contribution in [3.63, 3.8) is 0 Å². The number of nitrogens with zero attached hydrogens (tertiary/aromatic N) is 6. The van der Waals surface area contributed by atoms with E-state index in [1.165, 1.54) is 10.6 Å². The zero-order chi connectivity index (χ0) is 31.7. The molecule has 13 heteroatoms. The van der Waals surface area contributed by atoms with Crippen LogP contribution >= 0.6 is 23.1 Å². The van der Waals surface area contributed by atoms with Gasteiger partial charge in [-0.3, -0.25) is 19.5 Å². The van der Waals surface area contributed by atoms with Gasteiger partial charge >= 0.3 is 5.97 Å². The lowest BCUT2D eigenvalue weighted by Gasteiger charge is -2.25. The minimum Gasteiger partial charge on any atom is -0.463 e. The number of hydrogen-bond donors (Lipinski definition) is 0. The molecule has 11 nitrogen and oxygen atoms in total. The van der Waals surface area contributed by atoms with Crippen molar-refractivity contribution in [2.24, 2.45) is 4.99 Å². The number of fused-ring (bicyclic) bond motifs is 1. The molecule has 0 saturated carbocycles. The minimum atomic E-state index is -0.755. The first-order valence-corrected chi connectivity index (χ1v) is 15.4. The SMILES string of the molecule is CCOC(=O)C1=C(C)N=c2s/c(=C/c3ccc(Sc4nc(C)cc(C)n4)c([N+](=O)[O-])c3)c(=O)n2[C@H]1c1ccc(N(C)C)cc1. The molecule has 1 atom stereocenters. The lowest BCUT2D eigenvalue weighted by Crippen LogP contribution is -2.39. The minimum absolute atomic E-state index is 0.126. The van der Waals surface area contributed by atoms with Gasteiger partial charge in [0.1, 0.15) is 0 Å². The molecular weight excluding hydrogens is 601 g/mol. The Morgan fingerprint density at radius 2 is 1.80 bits per heavy atom. The number of aryl methyl sites for hydroxylation is 2. The van der Waals surface area contributed by atoms with Gasteiger partial charge in [0.05, 0.1) is 38.3 Å². The molecule has 0 saturated heterocycles. The molecule has 0 N–H and O–H groups in total. The van der Waals surface area contributed by atoms with Crippen LogP contribution in [0.1, 0.15) is 42.4 Å². The maximum Gasteiger partial charge on any atom is 0.338 e. The number of allylic oxidation sites excluding steroid dienone is 1. The Labute approximate surface area is 261 Å². The Bertz CT molecular complexity index is 1980. The first-order chi connectivity index (χ1) is 21.0. The summed E-state index contributed by atoms with van der Waals surface area (Å²) in [6.45, 7) is 7.31. The van der Waals surface area contributed by atoms with E-state index in [1.807, 2.05) is 63.2 Å². The summed E-state index contributed by atoms with van der Waals surface area (Å²) >= 11 is 2.27. The number of ether oxygens (including phenoxy) is 1. The number of benzene rings is 2. The number of hydrogen-bond acceptors (Lipinski definition) is 11. The van der Waals surface area contributed by atoms with Gasteiger partial charge in [-0.05, 0) is 80.9 Å². The van der Waals surface area contributed by atoms with E-state index in [0.717, 1.165) is 45.7 Å². The molecule has 1 aliphatic rings. The molecule has 3 heterocycles. The predicted molar refractivity (Wildman–Crippen MR) is 170 cm³/mol. The highest BCUT2D eigenvalue weighted by Crippen LogP contribution is 2.34. The van der Waals surface area contributed by atoms with Crippen molar-refractivity contribution in [3.05, 3.63) is 112 Å². The van der Waals surface area contributed by atoms with Crippen molar-refractivity contribution in [2.45, 2.75) is 43.8 Å². The van der Waals surface area contributed by atoms with Gasteiger partial charge in [0.15, 0.2) is 9.96 Å². The average molecular weight is 631 g/mol. The van der Waals surface area contributed by atoms with Crippen molar-refractivity contribution in [2.75, 3.05) is 25.6 Å². The van der Waals surface area contributed by atoms with Crippen molar-refractivity contribution < 1.29 is 14.5 Å². The fraction of sp³-hybridized carbons (Fsp3) is 0.258. The van der Waals surface area contributed by atoms with Gasteiger partial charge in [0, 0.05) is 37.2 Å². The first kappa shape index (κ1) is 30.8. The number of thiazole rings is 1. The standard InChI is InChI=1S/C31H30N6O5S2/c1-7-42-29(39)26-19(4)34-31-36(27(26)21-9-11-22(12-10-21)35(5)6)28(38)25(44-31)16-20-8-13-24(23(15-20)37(40)41)43-30-32-17(2)14-18(3)33-30/h8-16,27H,7H2,1-6H3/b25-16+/t27-/m0/s1. The lowest BCUT2D eigenvalue weighted by atomic mass is 9.95. The van der Waals surface area contributed by atoms with Gasteiger partial charge in [-0.15, -0.1) is 0 Å². The second kappa shape index (κ2) is 12.5. The third kappa shape index (κ3) is 6.19. The molecule has 226 valence electrons. The van der Waals surface area contributed by atoms with Gasteiger partial charge in [-0.1, -0.05) is 29.5 Å². The highest BCUT2D eigenvalue weighted by molar-refractivity contribution is 7.99. The maximum atomic E-state index is 13.9. The quantitative estimate of drug-likeness (QED) is 0.121. The summed E-state index contributed by atoms with van der Waals surface area (Å²) in [4.78, 5) is 54.8. The summed E-state index contributed by atoms with van der Waals surface area (Å²) < 4.78 is 7.19. The number of carbonyl (C=O) groups is 1. The van der Waals surface area contributed by atoms with Crippen LogP contribution in [0.2, 0.25) is 0 Å². The number of nitro groups is 1. The Balaban J connectivity index is 1.61. The monoisotopic (exact) mass is 630 g/mol. The smallest absolute Gasteiger partial charge is 0.338 e. The van der Waals surface area contributed by atoms with Crippen LogP contribution in [0, 0.1) is 24.0 Å². The Hall–Kier alpha value is -4.62. The van der Waals surface area contributed by atoms with Gasteiger partial charge in [0.25, 0.3) is 11.2 Å². The maximum absolute atomic E-state index is 13.9. The topological polar surface area (TPSA) is 133 Å². The molecule has 1 aliphatic heterocycles. The molecule has 0 fully saturated rings. The van der Waals surface area contributed by atoms with E-state index in [2.05, 4.69) is 15.0 Å². The first-order valence-electron chi connectivity index (χ1n) is 13.7. The average Bonchev–Trinajstić information content (AvgIpc) is 3.26. The zero-order valence-electron chi connectivity index (χ0n) is 25.0. The largest absolute Gasteiger partial charge is 0.463 e. The van der Waals surface area contributed by atoms with Crippen LogP contribution in [0.15, 0.2) is 79.6 Å². The van der Waals surface area contributed by atoms with Crippen molar-refractivity contribution in [3.8, 4) is 0 Å². The summed E-state index contributed by atoms with van der Waals surface area (Å²) in [6.07, 6.45) is 1.61. The van der Waals surface area contributed by atoms with Crippen LogP contribution in [0.25, 0.3) is 6.08 Å². The molecule has 0 spiro atoms. The fourth-order valence-electron chi connectivity index (χ4n) is 4.90. The van der Waals surface area contributed by atoms with Crippen LogP contribution < -0.4 is 19.8 Å². The summed E-state index contributed by atoms with van der Waals surface area (Å²) in [5.74, 6) is -0.541. The van der Waals surface area contributed by atoms with Gasteiger partial charge < -0.3 is 9.64 Å². The van der Waals surface area contributed by atoms with Gasteiger partial charge in [-0.25, -0.2) is 19.8 Å². The van der Waals surface area contributed by atoms with Crippen LogP contribution in [-0.4, -0.2) is 46.1 Å². The number of aromatic nitrogens is 3.